The Morgan fingerprint density at radius 3 is 2.25 bits per heavy atom. The van der Waals surface area contributed by atoms with Crippen molar-refractivity contribution < 1.29 is 5.11 Å². The predicted molar refractivity (Wildman–Crippen MR) is 62.9 cm³/mol. The first kappa shape index (κ1) is 12.7. The Morgan fingerprint density at radius 2 is 1.67 bits per heavy atom. The number of alkyl halides is 1. The van der Waals surface area contributed by atoms with Gasteiger partial charge in [-0.15, -0.1) is 0 Å². The van der Waals surface area contributed by atoms with Crippen molar-refractivity contribution >= 4 is 22.6 Å². The molecule has 0 spiro atoms. The molecule has 0 aromatic carbocycles. The van der Waals surface area contributed by atoms with Gasteiger partial charge in [-0.05, 0) is 6.42 Å². The lowest BCUT2D eigenvalue weighted by Crippen LogP contribution is -2.02. The van der Waals surface area contributed by atoms with Crippen molar-refractivity contribution in [2.24, 2.45) is 0 Å². The van der Waals surface area contributed by atoms with Crippen LogP contribution in [0, 0.1) is 0 Å². The van der Waals surface area contributed by atoms with Crippen LogP contribution in [0.15, 0.2) is 0 Å². The topological polar surface area (TPSA) is 20.2 Å². The Balaban J connectivity index is 2.90. The zero-order chi connectivity index (χ0) is 9.23. The van der Waals surface area contributed by atoms with Crippen molar-refractivity contribution in [3.63, 3.8) is 0 Å². The molecule has 1 nitrogen and oxygen atoms in total. The van der Waals surface area contributed by atoms with Crippen molar-refractivity contribution in [2.75, 3.05) is 6.61 Å². The molecule has 0 aliphatic carbocycles. The summed E-state index contributed by atoms with van der Waals surface area (Å²) in [5, 5.41) is 8.77. The van der Waals surface area contributed by atoms with Crippen LogP contribution >= 0.6 is 22.6 Å². The highest BCUT2D eigenvalue weighted by Crippen LogP contribution is 2.12. The molecule has 1 unspecified atom stereocenters. The lowest BCUT2D eigenvalue weighted by Gasteiger charge is -2.04. The zero-order valence-electron chi connectivity index (χ0n) is 8.06. The first-order chi connectivity index (χ1) is 5.81. The lowest BCUT2D eigenvalue weighted by atomic mass is 10.1. The van der Waals surface area contributed by atoms with Crippen molar-refractivity contribution in [1.82, 2.24) is 0 Å². The second-order valence-electron chi connectivity index (χ2n) is 3.34. The molecule has 0 saturated heterocycles. The molecule has 1 N–H and O–H groups in total. The third-order valence-electron chi connectivity index (χ3n) is 2.07. The van der Waals surface area contributed by atoms with Crippen LogP contribution in [0.25, 0.3) is 0 Å². The molecule has 2 heteroatoms. The Morgan fingerprint density at radius 1 is 1.08 bits per heavy atom. The number of hydrogen-bond donors (Lipinski definition) is 1. The Hall–Kier alpha value is 0.690. The standard InChI is InChI=1S/C10H21IO/c1-2-3-4-5-6-7-8-10(11)9-12/h10,12H,2-9H2,1H3. The lowest BCUT2D eigenvalue weighted by molar-refractivity contribution is 0.293. The summed E-state index contributed by atoms with van der Waals surface area (Å²) in [5.74, 6) is 0. The first-order valence-electron chi connectivity index (χ1n) is 5.06. The predicted octanol–water partition coefficient (Wildman–Crippen LogP) is 3.53. The third kappa shape index (κ3) is 8.78. The monoisotopic (exact) mass is 284 g/mol. The second-order valence-corrected chi connectivity index (χ2v) is 5.10. The minimum atomic E-state index is 0.343. The van der Waals surface area contributed by atoms with Gasteiger partial charge in [0, 0.05) is 3.92 Å². The third-order valence-corrected chi connectivity index (χ3v) is 3.09. The molecule has 0 amide bonds. The van der Waals surface area contributed by atoms with Crippen molar-refractivity contribution in [3.8, 4) is 0 Å². The Labute approximate surface area is 90.1 Å². The minimum Gasteiger partial charge on any atom is -0.395 e. The largest absolute Gasteiger partial charge is 0.395 e. The fourth-order valence-electron chi connectivity index (χ4n) is 1.24. The van der Waals surface area contributed by atoms with E-state index in [2.05, 4.69) is 29.5 Å². The maximum absolute atomic E-state index is 8.77. The van der Waals surface area contributed by atoms with Gasteiger partial charge in [-0.2, -0.15) is 0 Å². The maximum atomic E-state index is 8.77. The molecule has 0 heterocycles. The van der Waals surface area contributed by atoms with Gasteiger partial charge in [0.1, 0.15) is 0 Å². The highest BCUT2D eigenvalue weighted by Gasteiger charge is 2.00. The van der Waals surface area contributed by atoms with Gasteiger partial charge in [-0.25, -0.2) is 0 Å². The average Bonchev–Trinajstić information content (AvgIpc) is 2.10. The number of aliphatic hydroxyl groups is 1. The second kappa shape index (κ2) is 9.78. The Kier molecular flexibility index (Phi) is 10.3. The van der Waals surface area contributed by atoms with E-state index in [1.54, 1.807) is 0 Å². The SMILES string of the molecule is CCCCCCCCC(I)CO. The molecule has 0 aromatic heterocycles. The van der Waals surface area contributed by atoms with Crippen LogP contribution in [0.1, 0.15) is 51.9 Å². The van der Waals surface area contributed by atoms with E-state index in [-0.39, 0.29) is 0 Å². The van der Waals surface area contributed by atoms with Crippen molar-refractivity contribution in [3.05, 3.63) is 0 Å². The molecule has 74 valence electrons. The molecule has 0 aromatic rings. The molecule has 12 heavy (non-hydrogen) atoms. The van der Waals surface area contributed by atoms with Gasteiger partial charge in [-0.1, -0.05) is 68.0 Å². The van der Waals surface area contributed by atoms with Gasteiger partial charge >= 0.3 is 0 Å². The molecule has 0 radical (unpaired) electrons. The van der Waals surface area contributed by atoms with Crippen LogP contribution in [0.3, 0.4) is 0 Å². The van der Waals surface area contributed by atoms with E-state index in [1.807, 2.05) is 0 Å². The average molecular weight is 284 g/mol. The maximum Gasteiger partial charge on any atom is 0.0548 e. The molecular formula is C10H21IO. The van der Waals surface area contributed by atoms with Gasteiger partial charge in [-0.3, -0.25) is 0 Å². The van der Waals surface area contributed by atoms with Crippen molar-refractivity contribution in [2.45, 2.75) is 55.8 Å². The summed E-state index contributed by atoms with van der Waals surface area (Å²) in [5.41, 5.74) is 0. The number of rotatable bonds is 8. The van der Waals surface area contributed by atoms with Crippen molar-refractivity contribution in [1.29, 1.82) is 0 Å². The van der Waals surface area contributed by atoms with E-state index < -0.39 is 0 Å². The Bertz CT molecular complexity index is 85.9. The molecule has 0 rings (SSSR count). The number of hydrogen-bond acceptors (Lipinski definition) is 1. The fourth-order valence-corrected chi connectivity index (χ4v) is 1.68. The molecule has 1 atom stereocenters. The van der Waals surface area contributed by atoms with Crippen LogP contribution in [0.5, 0.6) is 0 Å². The molecular weight excluding hydrogens is 263 g/mol. The van der Waals surface area contributed by atoms with Gasteiger partial charge in [0.15, 0.2) is 0 Å². The fraction of sp³-hybridized carbons (Fsp3) is 1.00. The van der Waals surface area contributed by atoms with Crippen LogP contribution in [-0.2, 0) is 0 Å². The zero-order valence-corrected chi connectivity index (χ0v) is 10.2. The summed E-state index contributed by atoms with van der Waals surface area (Å²) in [6.45, 7) is 2.59. The van der Waals surface area contributed by atoms with E-state index >= 15 is 0 Å². The smallest absolute Gasteiger partial charge is 0.0548 e. The van der Waals surface area contributed by atoms with Gasteiger partial charge < -0.3 is 5.11 Å². The number of aliphatic hydroxyl groups excluding tert-OH is 1. The van der Waals surface area contributed by atoms with Crippen LogP contribution in [-0.4, -0.2) is 15.6 Å². The van der Waals surface area contributed by atoms with Crippen LogP contribution in [0.4, 0.5) is 0 Å². The summed E-state index contributed by atoms with van der Waals surface area (Å²) >= 11 is 2.32. The molecule has 0 bridgehead atoms. The molecule has 0 fully saturated rings. The van der Waals surface area contributed by atoms with Gasteiger partial charge in [0.25, 0.3) is 0 Å². The molecule has 0 aliphatic heterocycles. The number of unbranched alkanes of at least 4 members (excludes halogenated alkanes) is 5. The summed E-state index contributed by atoms with van der Waals surface area (Å²) in [7, 11) is 0. The minimum absolute atomic E-state index is 0.343. The highest BCUT2D eigenvalue weighted by atomic mass is 127. The van der Waals surface area contributed by atoms with E-state index in [0.29, 0.717) is 10.5 Å². The summed E-state index contributed by atoms with van der Waals surface area (Å²) in [6, 6.07) is 0. The van der Waals surface area contributed by atoms with Crippen LogP contribution in [0.2, 0.25) is 0 Å². The normalized spacial score (nSPS) is 13.2. The van der Waals surface area contributed by atoms with Gasteiger partial charge in [0.2, 0.25) is 0 Å². The number of halogens is 1. The molecule has 0 saturated carbocycles. The summed E-state index contributed by atoms with van der Waals surface area (Å²) in [6.07, 6.45) is 9.30. The molecule has 0 aliphatic rings. The van der Waals surface area contributed by atoms with E-state index in [0.717, 1.165) is 0 Å². The van der Waals surface area contributed by atoms with E-state index in [4.69, 9.17) is 5.11 Å². The summed E-state index contributed by atoms with van der Waals surface area (Å²) < 4.78 is 0.480. The van der Waals surface area contributed by atoms with E-state index in [1.165, 1.54) is 44.9 Å². The van der Waals surface area contributed by atoms with Gasteiger partial charge in [0.05, 0.1) is 6.61 Å². The summed E-state index contributed by atoms with van der Waals surface area (Å²) in [4.78, 5) is 0. The first-order valence-corrected chi connectivity index (χ1v) is 6.30. The van der Waals surface area contributed by atoms with Crippen LogP contribution < -0.4 is 0 Å². The van der Waals surface area contributed by atoms with E-state index in [9.17, 15) is 0 Å². The quantitative estimate of drug-likeness (QED) is 0.410. The highest BCUT2D eigenvalue weighted by molar-refractivity contribution is 14.1.